The Hall–Kier alpha value is -6.95. The molecule has 0 fully saturated rings. The molecular formula is C47H34N4O13S3. The van der Waals surface area contributed by atoms with Crippen molar-refractivity contribution in [3.05, 3.63) is 170 Å². The van der Waals surface area contributed by atoms with Crippen LogP contribution >= 0.6 is 24.1 Å². The number of aryl methyl sites for hydroxylation is 3. The minimum absolute atomic E-state index is 0.0579. The van der Waals surface area contributed by atoms with Gasteiger partial charge in [0, 0.05) is 54.2 Å². The predicted molar refractivity (Wildman–Crippen MR) is 253 cm³/mol. The molecule has 0 saturated carbocycles. The van der Waals surface area contributed by atoms with Crippen LogP contribution in [0.2, 0.25) is 0 Å². The molecule has 1 unspecified atom stereocenters. The molecule has 0 aliphatic heterocycles. The first-order valence-electron chi connectivity index (χ1n) is 19.9. The topological polar surface area (TPSA) is 226 Å². The molecule has 8 aromatic rings. The number of carbonyl (C=O) groups excluding carboxylic acids is 2. The lowest BCUT2D eigenvalue weighted by Gasteiger charge is -2.24. The van der Waals surface area contributed by atoms with Crippen LogP contribution in [0.5, 0.6) is 5.75 Å². The number of hydrogen-bond acceptors (Lipinski definition) is 16. The van der Waals surface area contributed by atoms with E-state index < -0.39 is 11.4 Å². The Labute approximate surface area is 390 Å². The van der Waals surface area contributed by atoms with Crippen molar-refractivity contribution in [1.29, 1.82) is 0 Å². The molecule has 0 bridgehead atoms. The summed E-state index contributed by atoms with van der Waals surface area (Å²) in [4.78, 5) is 53.5. The molecule has 20 heteroatoms. The van der Waals surface area contributed by atoms with Crippen LogP contribution in [0.25, 0.3) is 44.1 Å². The van der Waals surface area contributed by atoms with E-state index >= 15 is 0 Å². The smallest absolute Gasteiger partial charge is 0.357 e. The molecule has 10 rings (SSSR count). The molecule has 2 aliphatic carbocycles. The maximum absolute atomic E-state index is 13.6. The summed E-state index contributed by atoms with van der Waals surface area (Å²) in [6, 6.07) is 34.6. The minimum Gasteiger partial charge on any atom is -0.380 e. The number of pyridine rings is 2. The average Bonchev–Trinajstić information content (AvgIpc) is 3.32. The van der Waals surface area contributed by atoms with Crippen LogP contribution in [-0.4, -0.2) is 40.0 Å². The molecule has 6 aromatic carbocycles. The lowest BCUT2D eigenvalue weighted by atomic mass is 9.83. The van der Waals surface area contributed by atoms with Gasteiger partial charge in [-0.05, 0) is 83.3 Å². The Morgan fingerprint density at radius 3 is 1.43 bits per heavy atom. The van der Waals surface area contributed by atoms with Gasteiger partial charge in [0.2, 0.25) is 0 Å². The maximum atomic E-state index is 13.6. The van der Waals surface area contributed by atoms with Gasteiger partial charge in [-0.15, -0.1) is 8.67 Å². The Kier molecular flexibility index (Phi) is 12.6. The molecule has 67 heavy (non-hydrogen) atoms. The molecular weight excluding hydrogens is 925 g/mol. The molecule has 0 amide bonds. The van der Waals surface area contributed by atoms with Crippen molar-refractivity contribution in [2.24, 2.45) is 14.1 Å². The van der Waals surface area contributed by atoms with E-state index in [9.17, 15) is 23.4 Å². The Bertz CT molecular complexity index is 3500. The summed E-state index contributed by atoms with van der Waals surface area (Å²) in [7, 11) is 3.35. The molecule has 0 radical (unpaired) electrons. The Balaban J connectivity index is 0.000000169. The Morgan fingerprint density at radius 1 is 0.537 bits per heavy atom. The van der Waals surface area contributed by atoms with Gasteiger partial charge in [-0.3, -0.25) is 23.7 Å². The molecule has 0 saturated heterocycles. The number of rotatable bonds is 12. The molecule has 338 valence electrons. The first-order chi connectivity index (χ1) is 32.4. The molecule has 2 aromatic heterocycles. The predicted octanol–water partition coefficient (Wildman–Crippen LogP) is 9.67. The maximum Gasteiger partial charge on any atom is 0.357 e. The van der Waals surface area contributed by atoms with Crippen molar-refractivity contribution in [3.8, 4) is 28.0 Å². The highest BCUT2D eigenvalue weighted by atomic mass is 32.2. The van der Waals surface area contributed by atoms with E-state index in [0.717, 1.165) is 34.1 Å². The van der Waals surface area contributed by atoms with Crippen LogP contribution in [0.15, 0.2) is 141 Å². The van der Waals surface area contributed by atoms with Crippen LogP contribution < -0.4 is 25.9 Å². The third-order valence-corrected chi connectivity index (χ3v) is 12.9. The van der Waals surface area contributed by atoms with E-state index in [-0.39, 0.29) is 28.4 Å². The number of anilines is 4. The fourth-order valence-electron chi connectivity index (χ4n) is 8.32. The van der Waals surface area contributed by atoms with Gasteiger partial charge in [0.05, 0.1) is 78.8 Å². The molecule has 2 heterocycles. The number of ketones is 2. The zero-order chi connectivity index (χ0) is 47.1. The number of hydrogen-bond donors (Lipinski definition) is 5. The number of nitrogens with one attached hydrogen (secondary N) is 2. The van der Waals surface area contributed by atoms with E-state index in [1.807, 2.05) is 61.5 Å². The number of fused-ring (bicyclic) bond motifs is 4. The zero-order valence-corrected chi connectivity index (χ0v) is 37.5. The third-order valence-electron chi connectivity index (χ3n) is 11.3. The van der Waals surface area contributed by atoms with Crippen molar-refractivity contribution >= 4 is 91.6 Å². The molecule has 5 N–H and O–H groups in total. The molecule has 17 nitrogen and oxygen atoms in total. The van der Waals surface area contributed by atoms with Gasteiger partial charge in [0.15, 0.2) is 11.6 Å². The summed E-state index contributed by atoms with van der Waals surface area (Å²) in [5.41, 5.74) is 8.89. The quantitative estimate of drug-likeness (QED) is 0.0332. The van der Waals surface area contributed by atoms with Crippen LogP contribution in [0, 0.1) is 6.92 Å². The number of benzene rings is 6. The zero-order valence-electron chi connectivity index (χ0n) is 35.1. The first kappa shape index (κ1) is 45.2. The van der Waals surface area contributed by atoms with Gasteiger partial charge in [-0.25, -0.2) is 10.5 Å². The van der Waals surface area contributed by atoms with Crippen molar-refractivity contribution in [3.63, 3.8) is 0 Å². The third kappa shape index (κ3) is 8.42. The van der Waals surface area contributed by atoms with Crippen molar-refractivity contribution < 1.29 is 51.8 Å². The SMILES string of the molecule is Cc1ccc(Nc2ccc3c4c(cc(=O)n3C)-c3ccccc3C(=O)c24)c(SOOO)c1.Cn1c(=O)cc2c3c(c(Nc4ccc(OS(=O)O)cc4SOOO)ccc31)C(=O)c1ccccc1-2. The molecule has 0 spiro atoms. The lowest BCUT2D eigenvalue weighted by molar-refractivity contribution is -0.432. The van der Waals surface area contributed by atoms with Crippen molar-refractivity contribution in [2.75, 3.05) is 10.6 Å². The van der Waals surface area contributed by atoms with Gasteiger partial charge < -0.3 is 24.0 Å². The van der Waals surface area contributed by atoms with Crippen molar-refractivity contribution in [1.82, 2.24) is 9.13 Å². The van der Waals surface area contributed by atoms with E-state index in [1.54, 1.807) is 67.2 Å². The normalized spacial score (nSPS) is 12.6. The fraction of sp³-hybridized carbons (Fsp3) is 0.0638. The second kappa shape index (κ2) is 18.7. The van der Waals surface area contributed by atoms with E-state index in [2.05, 4.69) is 29.4 Å². The highest BCUT2D eigenvalue weighted by Gasteiger charge is 2.31. The largest absolute Gasteiger partial charge is 0.380 e. The van der Waals surface area contributed by atoms with E-state index in [0.29, 0.717) is 94.4 Å². The number of aromatic nitrogens is 2. The molecule has 2 aliphatic rings. The standard InChI is InChI=1S/C24H18N2O5S.C23H16N2O8S2/c1-13-7-8-17(20(11-13)32-31-30-29)25-18-9-10-19-22-16(12-21(27)26(19)2)14-5-3-4-6-15(14)24(28)23(18)22;1-25-18-9-8-17(24-16-7-6-12(31-35(29)30)10-19(16)34-33-32-28)22-21(18)15(11-20(25)26)13-4-2-3-5-14(13)23(22)27/h3-12,25,29H,1-2H3;2-11,24,28H,1H3,(H,29,30). The summed E-state index contributed by atoms with van der Waals surface area (Å²) >= 11 is -1.09. The van der Waals surface area contributed by atoms with Gasteiger partial charge in [-0.1, -0.05) is 64.7 Å². The van der Waals surface area contributed by atoms with Gasteiger partial charge in [0.1, 0.15) is 5.75 Å². The summed E-state index contributed by atoms with van der Waals surface area (Å²) in [5.74, 6) is -0.265. The summed E-state index contributed by atoms with van der Waals surface area (Å²) in [6.45, 7) is 1.93. The summed E-state index contributed by atoms with van der Waals surface area (Å²) in [6.07, 6.45) is 0. The number of carbonyl (C=O) groups is 2. The highest BCUT2D eigenvalue weighted by Crippen LogP contribution is 2.45. The van der Waals surface area contributed by atoms with Crippen molar-refractivity contribution in [2.45, 2.75) is 16.7 Å². The monoisotopic (exact) mass is 958 g/mol. The van der Waals surface area contributed by atoms with Crippen LogP contribution in [0.4, 0.5) is 22.7 Å². The molecule has 1 atom stereocenters. The second-order valence-electron chi connectivity index (χ2n) is 15.1. The number of nitrogens with zero attached hydrogens (tertiary/aromatic N) is 2. The van der Waals surface area contributed by atoms with Crippen LogP contribution in [0.3, 0.4) is 0 Å². The lowest BCUT2D eigenvalue weighted by Crippen LogP contribution is -2.21. The van der Waals surface area contributed by atoms with Crippen LogP contribution in [0.1, 0.15) is 37.4 Å². The minimum atomic E-state index is -2.54. The van der Waals surface area contributed by atoms with Gasteiger partial charge in [-0.2, -0.15) is 4.21 Å². The first-order valence-corrected chi connectivity index (χ1v) is 22.4. The summed E-state index contributed by atoms with van der Waals surface area (Å²) in [5, 5.41) is 32.5. The van der Waals surface area contributed by atoms with Crippen LogP contribution in [-0.2, 0) is 44.2 Å². The fourth-order valence-corrected chi connectivity index (χ4v) is 9.61. The second-order valence-corrected chi connectivity index (χ2v) is 17.2. The Morgan fingerprint density at radius 2 is 0.970 bits per heavy atom. The average molecular weight is 959 g/mol. The van der Waals surface area contributed by atoms with Gasteiger partial charge in [0.25, 0.3) is 11.1 Å². The van der Waals surface area contributed by atoms with Gasteiger partial charge >= 0.3 is 11.4 Å². The summed E-state index contributed by atoms with van der Waals surface area (Å²) < 4.78 is 37.0. The highest BCUT2D eigenvalue weighted by molar-refractivity contribution is 7.95. The van der Waals surface area contributed by atoms with E-state index in [1.165, 1.54) is 22.8 Å². The van der Waals surface area contributed by atoms with E-state index in [4.69, 9.17) is 19.3 Å².